The first-order valence-corrected chi connectivity index (χ1v) is 8.05. The van der Waals surface area contributed by atoms with Crippen molar-refractivity contribution in [3.05, 3.63) is 64.2 Å². The number of aliphatic hydroxyl groups excluding tert-OH is 1. The summed E-state index contributed by atoms with van der Waals surface area (Å²) in [4.78, 5) is 22.0. The van der Waals surface area contributed by atoms with Gasteiger partial charge in [-0.15, -0.1) is 0 Å². The molecule has 0 spiro atoms. The lowest BCUT2D eigenvalue weighted by Crippen LogP contribution is -2.32. The molecule has 2 rings (SSSR count). The molecule has 0 fully saturated rings. The van der Waals surface area contributed by atoms with Gasteiger partial charge in [-0.1, -0.05) is 12.1 Å². The molecule has 8 nitrogen and oxygen atoms in total. The highest BCUT2D eigenvalue weighted by Crippen LogP contribution is 2.26. The first-order valence-electron chi connectivity index (χ1n) is 8.05. The maximum atomic E-state index is 11.9. The van der Waals surface area contributed by atoms with Gasteiger partial charge in [-0.05, 0) is 36.8 Å². The van der Waals surface area contributed by atoms with Crippen LogP contribution in [0.15, 0.2) is 48.5 Å². The number of nitrogens with one attached hydrogen (secondary N) is 1. The monoisotopic (exact) mass is 360 g/mol. The Labute approximate surface area is 150 Å². The Balaban J connectivity index is 1.82. The first kappa shape index (κ1) is 19.2. The lowest BCUT2D eigenvalue weighted by molar-refractivity contribution is -0.384. The molecule has 0 aliphatic rings. The van der Waals surface area contributed by atoms with Gasteiger partial charge in [0.05, 0.1) is 17.6 Å². The Bertz CT molecular complexity index is 748. The van der Waals surface area contributed by atoms with Crippen LogP contribution in [0.25, 0.3) is 0 Å². The number of benzene rings is 2. The van der Waals surface area contributed by atoms with Crippen molar-refractivity contribution in [1.29, 1.82) is 0 Å². The SMILES string of the molecule is CCOc1ccccc1OCC(=O)NC[C@H](O)c1ccc([N+](=O)[O-])cc1. The van der Waals surface area contributed by atoms with Crippen molar-refractivity contribution in [2.45, 2.75) is 13.0 Å². The summed E-state index contributed by atoms with van der Waals surface area (Å²) in [5, 5.41) is 23.2. The third-order valence-corrected chi connectivity index (χ3v) is 3.49. The van der Waals surface area contributed by atoms with Crippen LogP contribution in [0.1, 0.15) is 18.6 Å². The smallest absolute Gasteiger partial charge is 0.269 e. The molecule has 1 atom stereocenters. The summed E-state index contributed by atoms with van der Waals surface area (Å²) in [6.07, 6.45) is -0.976. The second kappa shape index (κ2) is 9.38. The Hall–Kier alpha value is -3.13. The number of para-hydroxylation sites is 2. The number of nitrogens with zero attached hydrogens (tertiary/aromatic N) is 1. The van der Waals surface area contributed by atoms with Crippen LogP contribution in [0.5, 0.6) is 11.5 Å². The molecule has 0 heterocycles. The van der Waals surface area contributed by atoms with Crippen LogP contribution in [0.4, 0.5) is 5.69 Å². The van der Waals surface area contributed by atoms with Gasteiger partial charge in [0.15, 0.2) is 18.1 Å². The minimum atomic E-state index is -0.976. The third-order valence-electron chi connectivity index (χ3n) is 3.49. The van der Waals surface area contributed by atoms with Gasteiger partial charge in [-0.3, -0.25) is 14.9 Å². The van der Waals surface area contributed by atoms with E-state index in [-0.39, 0.29) is 18.8 Å². The van der Waals surface area contributed by atoms with E-state index >= 15 is 0 Å². The zero-order valence-corrected chi connectivity index (χ0v) is 14.3. The predicted molar refractivity (Wildman–Crippen MR) is 94.2 cm³/mol. The standard InChI is InChI=1S/C18H20N2O6/c1-2-25-16-5-3-4-6-17(16)26-12-18(22)19-11-15(21)13-7-9-14(10-8-13)20(23)24/h3-10,15,21H,2,11-12H2,1H3,(H,19,22)/t15-/m0/s1. The molecule has 1 amide bonds. The fourth-order valence-electron chi connectivity index (χ4n) is 2.19. The third kappa shape index (κ3) is 5.45. The minimum absolute atomic E-state index is 0.0346. The molecular weight excluding hydrogens is 340 g/mol. The van der Waals surface area contributed by atoms with Crippen molar-refractivity contribution in [2.75, 3.05) is 19.8 Å². The van der Waals surface area contributed by atoms with Gasteiger partial charge in [0, 0.05) is 18.7 Å². The van der Waals surface area contributed by atoms with E-state index in [0.29, 0.717) is 23.7 Å². The molecular formula is C18H20N2O6. The van der Waals surface area contributed by atoms with Gasteiger partial charge in [0.2, 0.25) is 0 Å². The summed E-state index contributed by atoms with van der Waals surface area (Å²) in [6, 6.07) is 12.5. The van der Waals surface area contributed by atoms with E-state index in [1.807, 2.05) is 6.92 Å². The predicted octanol–water partition coefficient (Wildman–Crippen LogP) is 2.22. The van der Waals surface area contributed by atoms with E-state index in [1.54, 1.807) is 24.3 Å². The maximum absolute atomic E-state index is 11.9. The number of non-ortho nitro benzene ring substituents is 1. The molecule has 0 aliphatic carbocycles. The highest BCUT2D eigenvalue weighted by molar-refractivity contribution is 5.77. The zero-order chi connectivity index (χ0) is 18.9. The molecule has 0 aromatic heterocycles. The molecule has 2 aromatic carbocycles. The van der Waals surface area contributed by atoms with Crippen molar-refractivity contribution in [3.63, 3.8) is 0 Å². The lowest BCUT2D eigenvalue weighted by atomic mass is 10.1. The summed E-state index contributed by atoms with van der Waals surface area (Å²) in [5.74, 6) is 0.603. The second-order valence-electron chi connectivity index (χ2n) is 5.34. The van der Waals surface area contributed by atoms with Crippen molar-refractivity contribution in [1.82, 2.24) is 5.32 Å². The van der Waals surface area contributed by atoms with Crippen LogP contribution in [-0.4, -0.2) is 35.7 Å². The van der Waals surface area contributed by atoms with Crippen molar-refractivity contribution < 1.29 is 24.3 Å². The zero-order valence-electron chi connectivity index (χ0n) is 14.3. The number of rotatable bonds is 9. The van der Waals surface area contributed by atoms with Crippen LogP contribution >= 0.6 is 0 Å². The van der Waals surface area contributed by atoms with Gasteiger partial charge in [-0.25, -0.2) is 0 Å². The van der Waals surface area contributed by atoms with Crippen molar-refractivity contribution in [3.8, 4) is 11.5 Å². The summed E-state index contributed by atoms with van der Waals surface area (Å²) in [6.45, 7) is 2.07. The van der Waals surface area contributed by atoms with Crippen LogP contribution in [-0.2, 0) is 4.79 Å². The number of carbonyl (C=O) groups is 1. The molecule has 0 aliphatic heterocycles. The number of ether oxygens (including phenoxy) is 2. The van der Waals surface area contributed by atoms with Crippen molar-refractivity contribution >= 4 is 11.6 Å². The molecule has 138 valence electrons. The fourth-order valence-corrected chi connectivity index (χ4v) is 2.19. The molecule has 0 radical (unpaired) electrons. The number of nitro benzene ring substituents is 1. The normalized spacial score (nSPS) is 11.5. The molecule has 0 saturated heterocycles. The summed E-state index contributed by atoms with van der Waals surface area (Å²) in [5.41, 5.74) is 0.407. The number of hydrogen-bond acceptors (Lipinski definition) is 6. The quantitative estimate of drug-likeness (QED) is 0.524. The first-order chi connectivity index (χ1) is 12.5. The van der Waals surface area contributed by atoms with Gasteiger partial charge in [0.1, 0.15) is 0 Å². The van der Waals surface area contributed by atoms with Gasteiger partial charge in [-0.2, -0.15) is 0 Å². The fraction of sp³-hybridized carbons (Fsp3) is 0.278. The highest BCUT2D eigenvalue weighted by Gasteiger charge is 2.13. The van der Waals surface area contributed by atoms with E-state index in [0.717, 1.165) is 0 Å². The number of hydrogen-bond donors (Lipinski definition) is 2. The summed E-state index contributed by atoms with van der Waals surface area (Å²) >= 11 is 0. The Morgan fingerprint density at radius 3 is 2.35 bits per heavy atom. The highest BCUT2D eigenvalue weighted by atomic mass is 16.6. The molecule has 2 N–H and O–H groups in total. The van der Waals surface area contributed by atoms with Crippen LogP contribution in [0.2, 0.25) is 0 Å². The Morgan fingerprint density at radius 1 is 1.15 bits per heavy atom. The maximum Gasteiger partial charge on any atom is 0.269 e. The summed E-state index contributed by atoms with van der Waals surface area (Å²) < 4.78 is 10.8. The van der Waals surface area contributed by atoms with E-state index in [1.165, 1.54) is 24.3 Å². The molecule has 0 saturated carbocycles. The van der Waals surface area contributed by atoms with E-state index in [9.17, 15) is 20.0 Å². The number of amides is 1. The number of aliphatic hydroxyl groups is 1. The molecule has 26 heavy (non-hydrogen) atoms. The topological polar surface area (TPSA) is 111 Å². The second-order valence-corrected chi connectivity index (χ2v) is 5.34. The molecule has 0 unspecified atom stereocenters. The molecule has 2 aromatic rings. The average molecular weight is 360 g/mol. The van der Waals surface area contributed by atoms with Gasteiger partial charge in [0.25, 0.3) is 11.6 Å². The van der Waals surface area contributed by atoms with Gasteiger partial charge < -0.3 is 19.9 Å². The van der Waals surface area contributed by atoms with E-state index in [4.69, 9.17) is 9.47 Å². The average Bonchev–Trinajstić information content (AvgIpc) is 2.65. The van der Waals surface area contributed by atoms with Crippen LogP contribution in [0, 0.1) is 10.1 Å². The van der Waals surface area contributed by atoms with Crippen molar-refractivity contribution in [2.24, 2.45) is 0 Å². The van der Waals surface area contributed by atoms with Crippen LogP contribution < -0.4 is 14.8 Å². The lowest BCUT2D eigenvalue weighted by Gasteiger charge is -2.14. The largest absolute Gasteiger partial charge is 0.490 e. The molecule has 8 heteroatoms. The Kier molecular flexibility index (Phi) is 6.92. The number of nitro groups is 1. The van der Waals surface area contributed by atoms with E-state index < -0.39 is 16.9 Å². The molecule has 0 bridgehead atoms. The van der Waals surface area contributed by atoms with Crippen LogP contribution in [0.3, 0.4) is 0 Å². The van der Waals surface area contributed by atoms with Gasteiger partial charge >= 0.3 is 0 Å². The Morgan fingerprint density at radius 2 is 1.77 bits per heavy atom. The summed E-state index contributed by atoms with van der Waals surface area (Å²) in [7, 11) is 0. The minimum Gasteiger partial charge on any atom is -0.490 e. The number of carbonyl (C=O) groups excluding carboxylic acids is 1. The van der Waals surface area contributed by atoms with E-state index in [2.05, 4.69) is 5.32 Å².